The van der Waals surface area contributed by atoms with E-state index in [1.54, 1.807) is 30.6 Å². The number of aromatic nitrogens is 3. The van der Waals surface area contributed by atoms with Crippen LogP contribution in [0.5, 0.6) is 0 Å². The molecule has 0 spiro atoms. The summed E-state index contributed by atoms with van der Waals surface area (Å²) < 4.78 is 0.677. The Kier molecular flexibility index (Phi) is 7.25. The Labute approximate surface area is 222 Å². The van der Waals surface area contributed by atoms with Gasteiger partial charge in [0.15, 0.2) is 15.9 Å². The van der Waals surface area contributed by atoms with Crippen molar-refractivity contribution in [2.45, 2.75) is 23.1 Å². The van der Waals surface area contributed by atoms with Crippen molar-refractivity contribution in [2.75, 3.05) is 4.90 Å². The fourth-order valence-corrected chi connectivity index (χ4v) is 5.74. The van der Waals surface area contributed by atoms with E-state index in [0.29, 0.717) is 20.8 Å². The number of aryl methyl sites for hydroxylation is 1. The van der Waals surface area contributed by atoms with Crippen molar-refractivity contribution in [3.8, 4) is 0 Å². The fraction of sp³-hybridized carbons (Fsp3) is 0.107. The molecule has 2 aromatic carbocycles. The summed E-state index contributed by atoms with van der Waals surface area (Å²) in [5, 5.41) is 19.6. The molecule has 0 saturated heterocycles. The largest absolute Gasteiger partial charge is 0.503 e. The third-order valence-corrected chi connectivity index (χ3v) is 7.91. The monoisotopic (exact) mass is 526 g/mol. The molecule has 1 atom stereocenters. The van der Waals surface area contributed by atoms with E-state index in [4.69, 9.17) is 0 Å². The van der Waals surface area contributed by atoms with Gasteiger partial charge in [0.1, 0.15) is 0 Å². The maximum Gasteiger partial charge on any atom is 0.296 e. The Morgan fingerprint density at radius 1 is 1.08 bits per heavy atom. The fourth-order valence-electron chi connectivity index (χ4n) is 3.92. The molecule has 184 valence electrons. The summed E-state index contributed by atoms with van der Waals surface area (Å²) in [5.74, 6) is -1.06. The van der Waals surface area contributed by atoms with Crippen LogP contribution in [0.25, 0.3) is 6.08 Å². The Hall–Kier alpha value is -4.08. The highest BCUT2D eigenvalue weighted by atomic mass is 32.2. The van der Waals surface area contributed by atoms with Crippen LogP contribution in [-0.4, -0.2) is 32.0 Å². The summed E-state index contributed by atoms with van der Waals surface area (Å²) in [4.78, 5) is 32.0. The molecule has 37 heavy (non-hydrogen) atoms. The van der Waals surface area contributed by atoms with Gasteiger partial charge in [-0.2, -0.15) is 0 Å². The molecule has 1 aliphatic heterocycles. The minimum absolute atomic E-state index is 0.0192. The molecule has 5 rings (SSSR count). The Morgan fingerprint density at radius 3 is 2.59 bits per heavy atom. The van der Waals surface area contributed by atoms with Crippen LogP contribution in [-0.2, 0) is 15.3 Å². The number of rotatable bonds is 8. The second-order valence-electron chi connectivity index (χ2n) is 8.36. The van der Waals surface area contributed by atoms with E-state index in [-0.39, 0.29) is 5.57 Å². The van der Waals surface area contributed by atoms with E-state index >= 15 is 0 Å². The molecule has 2 aromatic heterocycles. The summed E-state index contributed by atoms with van der Waals surface area (Å²) in [7, 11) is 0. The first-order valence-corrected chi connectivity index (χ1v) is 13.3. The van der Waals surface area contributed by atoms with Crippen molar-refractivity contribution in [3.05, 3.63) is 119 Å². The zero-order chi connectivity index (χ0) is 25.8. The maximum atomic E-state index is 13.3. The van der Waals surface area contributed by atoms with Gasteiger partial charge < -0.3 is 5.11 Å². The number of aliphatic hydroxyl groups excluding tert-OH is 1. The molecule has 7 nitrogen and oxygen atoms in total. The van der Waals surface area contributed by atoms with E-state index in [1.807, 2.05) is 37.3 Å². The van der Waals surface area contributed by atoms with Crippen LogP contribution in [0.1, 0.15) is 28.3 Å². The molecule has 9 heteroatoms. The first-order valence-electron chi connectivity index (χ1n) is 11.5. The van der Waals surface area contributed by atoms with Crippen LogP contribution in [0.15, 0.2) is 101 Å². The highest BCUT2D eigenvalue weighted by Gasteiger charge is 2.45. The Balaban J connectivity index is 1.43. The van der Waals surface area contributed by atoms with Gasteiger partial charge >= 0.3 is 0 Å². The standard InChI is InChI=1S/C28H22N4O3S2/c1-18-9-11-20(12-10-18)17-36-28-31-30-27(37-28)32-24(21-8-5-15-29-16-21)23(25(34)26(32)35)22(33)14-13-19-6-3-2-4-7-19/h2-16,24,34H,17H2,1H3/b14-13+/t24-/m1/s1. The third-order valence-electron chi connectivity index (χ3n) is 5.79. The van der Waals surface area contributed by atoms with Gasteiger partial charge in [-0.1, -0.05) is 95.4 Å². The molecular weight excluding hydrogens is 504 g/mol. The van der Waals surface area contributed by atoms with Crippen LogP contribution >= 0.6 is 23.1 Å². The number of allylic oxidation sites excluding steroid dienone is 1. The quantitative estimate of drug-likeness (QED) is 0.178. The van der Waals surface area contributed by atoms with Gasteiger partial charge in [0.05, 0.1) is 11.6 Å². The Bertz CT molecular complexity index is 1480. The smallest absolute Gasteiger partial charge is 0.296 e. The lowest BCUT2D eigenvalue weighted by atomic mass is 9.97. The number of ketones is 1. The lowest BCUT2D eigenvalue weighted by Gasteiger charge is -2.23. The number of hydrogen-bond donors (Lipinski definition) is 1. The van der Waals surface area contributed by atoms with Crippen LogP contribution in [0.3, 0.4) is 0 Å². The lowest BCUT2D eigenvalue weighted by Crippen LogP contribution is -2.30. The number of hydrogen-bond acceptors (Lipinski definition) is 8. The summed E-state index contributed by atoms with van der Waals surface area (Å²) in [6.45, 7) is 2.04. The van der Waals surface area contributed by atoms with Gasteiger partial charge in [0.25, 0.3) is 5.91 Å². The second kappa shape index (κ2) is 10.9. The average Bonchev–Trinajstić information content (AvgIpc) is 3.50. The van der Waals surface area contributed by atoms with Gasteiger partial charge in [-0.25, -0.2) is 0 Å². The predicted octanol–water partition coefficient (Wildman–Crippen LogP) is 5.72. The zero-order valence-electron chi connectivity index (χ0n) is 19.8. The molecular formula is C28H22N4O3S2. The molecule has 0 bridgehead atoms. The molecule has 0 fully saturated rings. The third kappa shape index (κ3) is 5.37. The van der Waals surface area contributed by atoms with Gasteiger partial charge in [-0.3, -0.25) is 19.5 Å². The normalized spacial score (nSPS) is 15.6. The summed E-state index contributed by atoms with van der Waals surface area (Å²) in [6.07, 6.45) is 6.20. The highest BCUT2D eigenvalue weighted by molar-refractivity contribution is 8.00. The molecule has 1 aliphatic rings. The van der Waals surface area contributed by atoms with Crippen molar-refractivity contribution in [2.24, 2.45) is 0 Å². The van der Waals surface area contributed by atoms with Crippen molar-refractivity contribution in [1.29, 1.82) is 0 Å². The van der Waals surface area contributed by atoms with Crippen LogP contribution in [0.2, 0.25) is 0 Å². The second-order valence-corrected chi connectivity index (χ2v) is 10.5. The summed E-state index contributed by atoms with van der Waals surface area (Å²) >= 11 is 2.75. The molecule has 0 radical (unpaired) electrons. The molecule has 4 aromatic rings. The van der Waals surface area contributed by atoms with Gasteiger partial charge in [0, 0.05) is 18.1 Å². The number of nitrogens with zero attached hydrogens (tertiary/aromatic N) is 4. The first kappa shape index (κ1) is 24.6. The van der Waals surface area contributed by atoms with Gasteiger partial charge in [0.2, 0.25) is 5.13 Å². The number of anilines is 1. The van der Waals surface area contributed by atoms with Crippen LogP contribution in [0.4, 0.5) is 5.13 Å². The van der Waals surface area contributed by atoms with Gasteiger partial charge in [-0.15, -0.1) is 10.2 Å². The van der Waals surface area contributed by atoms with E-state index < -0.39 is 23.5 Å². The van der Waals surface area contributed by atoms with Crippen LogP contribution < -0.4 is 4.90 Å². The number of carbonyl (C=O) groups is 2. The minimum atomic E-state index is -0.878. The molecule has 3 heterocycles. The SMILES string of the molecule is Cc1ccc(CSc2nnc(N3C(=O)C(O)=C(C(=O)/C=C/c4ccccc4)[C@H]3c3cccnc3)s2)cc1. The lowest BCUT2D eigenvalue weighted by molar-refractivity contribution is -0.117. The number of pyridine rings is 1. The van der Waals surface area contributed by atoms with Crippen molar-refractivity contribution in [3.63, 3.8) is 0 Å². The average molecular weight is 527 g/mol. The predicted molar refractivity (Wildman–Crippen MR) is 145 cm³/mol. The van der Waals surface area contributed by atoms with E-state index in [1.165, 1.54) is 39.6 Å². The minimum Gasteiger partial charge on any atom is -0.503 e. The number of carbonyl (C=O) groups excluding carboxylic acids is 2. The summed E-state index contributed by atoms with van der Waals surface area (Å²) in [6, 6.07) is 20.2. The molecule has 0 saturated carbocycles. The number of aliphatic hydroxyl groups is 1. The highest BCUT2D eigenvalue weighted by Crippen LogP contribution is 2.43. The van der Waals surface area contributed by atoms with Crippen molar-refractivity contribution < 1.29 is 14.7 Å². The first-order chi connectivity index (χ1) is 18.0. The maximum absolute atomic E-state index is 13.3. The molecule has 0 aliphatic carbocycles. The zero-order valence-corrected chi connectivity index (χ0v) is 21.4. The van der Waals surface area contributed by atoms with E-state index in [0.717, 1.165) is 11.1 Å². The molecule has 1 amide bonds. The van der Waals surface area contributed by atoms with E-state index in [2.05, 4.69) is 39.4 Å². The Morgan fingerprint density at radius 2 is 1.86 bits per heavy atom. The summed E-state index contributed by atoms with van der Waals surface area (Å²) in [5.41, 5.74) is 3.73. The number of thioether (sulfide) groups is 1. The topological polar surface area (TPSA) is 96.3 Å². The van der Waals surface area contributed by atoms with E-state index in [9.17, 15) is 14.7 Å². The van der Waals surface area contributed by atoms with Crippen LogP contribution in [0, 0.1) is 6.92 Å². The molecule has 0 unspecified atom stereocenters. The van der Waals surface area contributed by atoms with Crippen molar-refractivity contribution in [1.82, 2.24) is 15.2 Å². The number of benzene rings is 2. The van der Waals surface area contributed by atoms with Gasteiger partial charge in [-0.05, 0) is 35.8 Å². The number of amides is 1. The molecule has 1 N–H and O–H groups in total. The van der Waals surface area contributed by atoms with Crippen molar-refractivity contribution >= 4 is 46.0 Å².